The Hall–Kier alpha value is -3.65. The minimum atomic E-state index is -0.385. The first-order valence-electron chi connectivity index (χ1n) is 11.6. The van der Waals surface area contributed by atoms with Gasteiger partial charge in [0, 0.05) is 31.0 Å². The van der Waals surface area contributed by atoms with E-state index in [2.05, 4.69) is 37.3 Å². The molecule has 0 spiro atoms. The van der Waals surface area contributed by atoms with Gasteiger partial charge in [-0.3, -0.25) is 9.30 Å². The van der Waals surface area contributed by atoms with Gasteiger partial charge in [-0.05, 0) is 49.6 Å². The van der Waals surface area contributed by atoms with Crippen molar-refractivity contribution < 1.29 is 9.18 Å². The molecule has 4 aromatic rings. The van der Waals surface area contributed by atoms with Gasteiger partial charge in [-0.15, -0.1) is 0 Å². The molecule has 0 radical (unpaired) electrons. The highest BCUT2D eigenvalue weighted by atomic mass is 19.1. The van der Waals surface area contributed by atoms with Gasteiger partial charge in [0.25, 0.3) is 0 Å². The van der Waals surface area contributed by atoms with Gasteiger partial charge < -0.3 is 10.1 Å². The maximum absolute atomic E-state index is 13.8. The molecule has 2 fully saturated rings. The summed E-state index contributed by atoms with van der Waals surface area (Å²) in [6, 6.07) is 15.4. The molecule has 1 aliphatic heterocycles. The number of hydrogen-bond donors (Lipinski definition) is 1. The van der Waals surface area contributed by atoms with Gasteiger partial charge in [0.05, 0.1) is 11.6 Å². The highest BCUT2D eigenvalue weighted by Crippen LogP contribution is 2.50. The fourth-order valence-electron chi connectivity index (χ4n) is 5.27. The molecule has 34 heavy (non-hydrogen) atoms. The molecule has 4 heterocycles. The van der Waals surface area contributed by atoms with Gasteiger partial charge in [0.15, 0.2) is 5.82 Å². The Morgan fingerprint density at radius 2 is 2.00 bits per heavy atom. The molecular formula is C26H25FN6O. The van der Waals surface area contributed by atoms with Gasteiger partial charge in [0.2, 0.25) is 0 Å². The lowest BCUT2D eigenvalue weighted by molar-refractivity contribution is -0.110. The van der Waals surface area contributed by atoms with Crippen molar-refractivity contribution in [3.05, 3.63) is 78.5 Å². The predicted octanol–water partition coefficient (Wildman–Crippen LogP) is 3.72. The van der Waals surface area contributed by atoms with E-state index >= 15 is 0 Å². The zero-order chi connectivity index (χ0) is 23.1. The van der Waals surface area contributed by atoms with Gasteiger partial charge in [-0.1, -0.05) is 30.3 Å². The van der Waals surface area contributed by atoms with Crippen molar-refractivity contribution >= 4 is 17.8 Å². The molecule has 8 heteroatoms. The van der Waals surface area contributed by atoms with Crippen molar-refractivity contribution in [1.29, 1.82) is 0 Å². The van der Waals surface area contributed by atoms with Crippen LogP contribution in [0.3, 0.4) is 0 Å². The molecule has 0 amide bonds. The number of carbonyl (C=O) groups is 1. The number of aldehydes is 1. The van der Waals surface area contributed by atoms with Crippen LogP contribution in [0.15, 0.2) is 67.1 Å². The number of fused-ring (bicyclic) bond motifs is 1. The minimum absolute atomic E-state index is 0.219. The second-order valence-electron chi connectivity index (χ2n) is 9.21. The minimum Gasteiger partial charge on any atom is -0.366 e. The van der Waals surface area contributed by atoms with Crippen LogP contribution in [0.2, 0.25) is 0 Å². The third-order valence-electron chi connectivity index (χ3n) is 7.09. The summed E-state index contributed by atoms with van der Waals surface area (Å²) in [4.78, 5) is 27.9. The van der Waals surface area contributed by atoms with Crippen LogP contribution in [0.4, 0.5) is 10.2 Å². The van der Waals surface area contributed by atoms with E-state index in [9.17, 15) is 9.18 Å². The molecule has 1 aromatic carbocycles. The molecule has 7 nitrogen and oxygen atoms in total. The lowest BCUT2D eigenvalue weighted by Crippen LogP contribution is -2.45. The molecule has 2 unspecified atom stereocenters. The first kappa shape index (κ1) is 20.9. The van der Waals surface area contributed by atoms with Crippen molar-refractivity contribution in [2.75, 3.05) is 18.4 Å². The summed E-state index contributed by atoms with van der Waals surface area (Å²) in [5.41, 5.74) is 2.00. The largest absolute Gasteiger partial charge is 0.366 e. The van der Waals surface area contributed by atoms with E-state index in [0.717, 1.165) is 50.0 Å². The maximum Gasteiger partial charge on any atom is 0.180 e. The van der Waals surface area contributed by atoms with Crippen LogP contribution >= 0.6 is 0 Å². The summed E-state index contributed by atoms with van der Waals surface area (Å²) in [6.45, 7) is 1.85. The fourth-order valence-corrected chi connectivity index (χ4v) is 5.27. The normalized spacial score (nSPS) is 24.7. The van der Waals surface area contributed by atoms with Gasteiger partial charge in [-0.2, -0.15) is 0 Å². The van der Waals surface area contributed by atoms with Crippen molar-refractivity contribution in [3.8, 4) is 11.5 Å². The SMILES string of the molecule is O=C[C@@]1(c2ccccc2)CC1N1CCCC(Nc2ccnc(-c3cnc4ccc(F)cn34)n2)C1. The number of piperidine rings is 1. The second kappa shape index (κ2) is 8.29. The molecule has 6 rings (SSSR count). The van der Waals surface area contributed by atoms with Crippen molar-refractivity contribution in [2.24, 2.45) is 0 Å². The lowest BCUT2D eigenvalue weighted by Gasteiger charge is -2.34. The van der Waals surface area contributed by atoms with Gasteiger partial charge in [0.1, 0.15) is 29.3 Å². The number of benzene rings is 1. The quantitative estimate of drug-likeness (QED) is 0.446. The number of nitrogens with zero attached hydrogens (tertiary/aromatic N) is 5. The third kappa shape index (κ3) is 3.64. The predicted molar refractivity (Wildman–Crippen MR) is 127 cm³/mol. The maximum atomic E-state index is 13.8. The van der Waals surface area contributed by atoms with Gasteiger partial charge in [-0.25, -0.2) is 19.3 Å². The monoisotopic (exact) mass is 456 g/mol. The molecule has 172 valence electrons. The number of anilines is 1. The van der Waals surface area contributed by atoms with Crippen LogP contribution in [0.1, 0.15) is 24.8 Å². The van der Waals surface area contributed by atoms with Crippen molar-refractivity contribution in [1.82, 2.24) is 24.3 Å². The van der Waals surface area contributed by atoms with E-state index < -0.39 is 0 Å². The summed E-state index contributed by atoms with van der Waals surface area (Å²) >= 11 is 0. The summed E-state index contributed by atoms with van der Waals surface area (Å²) in [7, 11) is 0. The summed E-state index contributed by atoms with van der Waals surface area (Å²) < 4.78 is 15.4. The highest BCUT2D eigenvalue weighted by Gasteiger charge is 2.58. The van der Waals surface area contributed by atoms with E-state index in [1.54, 1.807) is 22.9 Å². The van der Waals surface area contributed by atoms with Crippen molar-refractivity contribution in [2.45, 2.75) is 36.8 Å². The zero-order valence-electron chi connectivity index (χ0n) is 18.6. The summed E-state index contributed by atoms with van der Waals surface area (Å²) in [5, 5.41) is 3.56. The second-order valence-corrected chi connectivity index (χ2v) is 9.21. The number of carbonyl (C=O) groups excluding carboxylic acids is 1. The zero-order valence-corrected chi connectivity index (χ0v) is 18.6. The molecule has 3 atom stereocenters. The first-order chi connectivity index (χ1) is 16.7. The van der Waals surface area contributed by atoms with Crippen LogP contribution in [-0.2, 0) is 10.2 Å². The number of likely N-dealkylation sites (tertiary alicyclic amines) is 1. The third-order valence-corrected chi connectivity index (χ3v) is 7.09. The van der Waals surface area contributed by atoms with Crippen LogP contribution < -0.4 is 5.32 Å². The lowest BCUT2D eigenvalue weighted by atomic mass is 9.95. The molecule has 0 bridgehead atoms. The smallest absolute Gasteiger partial charge is 0.180 e. The molecular weight excluding hydrogens is 431 g/mol. The van der Waals surface area contributed by atoms with Crippen LogP contribution in [0.5, 0.6) is 0 Å². The topological polar surface area (TPSA) is 75.4 Å². The number of imidazole rings is 1. The van der Waals surface area contributed by atoms with E-state index in [0.29, 0.717) is 17.2 Å². The number of halogens is 1. The number of pyridine rings is 1. The number of nitrogens with one attached hydrogen (secondary N) is 1. The van der Waals surface area contributed by atoms with Crippen LogP contribution in [-0.4, -0.2) is 55.7 Å². The van der Waals surface area contributed by atoms with E-state index in [1.807, 2.05) is 24.3 Å². The Labute approximate surface area is 196 Å². The summed E-state index contributed by atoms with van der Waals surface area (Å²) in [5.74, 6) is 0.871. The molecule has 2 aliphatic rings. The first-order valence-corrected chi connectivity index (χ1v) is 11.6. The molecule has 3 aromatic heterocycles. The van der Waals surface area contributed by atoms with Crippen LogP contribution in [0.25, 0.3) is 17.2 Å². The number of hydrogen-bond acceptors (Lipinski definition) is 6. The molecule has 1 saturated carbocycles. The Morgan fingerprint density at radius 3 is 2.85 bits per heavy atom. The Bertz CT molecular complexity index is 1340. The molecule has 1 N–H and O–H groups in total. The highest BCUT2D eigenvalue weighted by molar-refractivity contribution is 5.76. The Kier molecular flexibility index (Phi) is 5.10. The van der Waals surface area contributed by atoms with E-state index in [-0.39, 0.29) is 23.3 Å². The fraction of sp³-hybridized carbons (Fsp3) is 0.308. The van der Waals surface area contributed by atoms with Crippen molar-refractivity contribution in [3.63, 3.8) is 0 Å². The van der Waals surface area contributed by atoms with Gasteiger partial charge >= 0.3 is 0 Å². The number of aromatic nitrogens is 4. The molecule has 1 aliphatic carbocycles. The van der Waals surface area contributed by atoms with E-state index in [4.69, 9.17) is 0 Å². The molecule has 1 saturated heterocycles. The van der Waals surface area contributed by atoms with Crippen LogP contribution in [0, 0.1) is 5.82 Å². The average molecular weight is 457 g/mol. The standard InChI is InChI=1S/C26H25FN6O/c27-19-8-9-24-29-14-21(33(24)15-19)25-28-11-10-23(31-25)30-20-7-4-12-32(16-20)22-13-26(22,17-34)18-5-2-1-3-6-18/h1-3,5-6,8-11,14-15,17,20,22H,4,7,12-13,16H2,(H,28,30,31)/t20?,22?,26-/m1/s1. The average Bonchev–Trinajstić information content (AvgIpc) is 3.49. The number of rotatable bonds is 6. The Balaban J connectivity index is 1.18. The Morgan fingerprint density at radius 1 is 1.12 bits per heavy atom. The summed E-state index contributed by atoms with van der Waals surface area (Å²) in [6.07, 6.45) is 8.85. The van der Waals surface area contributed by atoms with E-state index in [1.165, 1.54) is 12.3 Å².